The maximum absolute atomic E-state index is 11.3. The lowest BCUT2D eigenvalue weighted by Crippen LogP contribution is -2.34. The molecule has 1 rings (SSSR count). The summed E-state index contributed by atoms with van der Waals surface area (Å²) in [5.41, 5.74) is 7.60. The summed E-state index contributed by atoms with van der Waals surface area (Å²) in [6.07, 6.45) is 2.12. The van der Waals surface area contributed by atoms with Crippen molar-refractivity contribution in [2.24, 2.45) is 5.73 Å². The van der Waals surface area contributed by atoms with Gasteiger partial charge in [0.2, 0.25) is 5.91 Å². The number of carbonyl (C=O) groups is 1. The summed E-state index contributed by atoms with van der Waals surface area (Å²) in [7, 11) is 0. The fourth-order valence-corrected chi connectivity index (χ4v) is 2.74. The van der Waals surface area contributed by atoms with E-state index in [1.54, 1.807) is 0 Å². The predicted octanol–water partition coefficient (Wildman–Crippen LogP) is 3.04. The molecule has 0 aromatic heterocycles. The molecular formula is C16H26BrN3O. The van der Waals surface area contributed by atoms with Crippen LogP contribution in [0.1, 0.15) is 39.2 Å². The maximum atomic E-state index is 11.3. The first-order valence-corrected chi connectivity index (χ1v) is 8.28. The van der Waals surface area contributed by atoms with Gasteiger partial charge in [-0.2, -0.15) is 0 Å². The van der Waals surface area contributed by atoms with Crippen LogP contribution in [0.5, 0.6) is 0 Å². The highest BCUT2D eigenvalue weighted by atomic mass is 79.9. The zero-order chi connectivity index (χ0) is 15.8. The lowest BCUT2D eigenvalue weighted by molar-refractivity contribution is -0.116. The van der Waals surface area contributed by atoms with Gasteiger partial charge in [-0.25, -0.2) is 0 Å². The Hall–Kier alpha value is -1.07. The number of nitrogens with one attached hydrogen (secondary N) is 1. The van der Waals surface area contributed by atoms with Crippen LogP contribution in [0.15, 0.2) is 22.7 Å². The number of anilines is 1. The molecule has 1 amide bonds. The van der Waals surface area contributed by atoms with Crippen molar-refractivity contribution in [1.82, 2.24) is 5.32 Å². The Morgan fingerprint density at radius 2 is 2.14 bits per heavy atom. The van der Waals surface area contributed by atoms with E-state index in [1.807, 2.05) is 4.90 Å². The number of benzene rings is 1. The van der Waals surface area contributed by atoms with Crippen molar-refractivity contribution < 1.29 is 4.79 Å². The number of hydrogen-bond donors (Lipinski definition) is 2. The molecule has 0 saturated carbocycles. The van der Waals surface area contributed by atoms with Crippen molar-refractivity contribution in [1.29, 1.82) is 0 Å². The molecule has 0 unspecified atom stereocenters. The molecule has 21 heavy (non-hydrogen) atoms. The van der Waals surface area contributed by atoms with E-state index in [-0.39, 0.29) is 12.5 Å². The summed E-state index contributed by atoms with van der Waals surface area (Å²) >= 11 is 3.62. The van der Waals surface area contributed by atoms with Gasteiger partial charge in [-0.05, 0) is 40.0 Å². The van der Waals surface area contributed by atoms with Crippen LogP contribution in [0.2, 0.25) is 0 Å². The van der Waals surface area contributed by atoms with Crippen LogP contribution in [0, 0.1) is 0 Å². The van der Waals surface area contributed by atoms with Crippen molar-refractivity contribution in [3.63, 3.8) is 0 Å². The van der Waals surface area contributed by atoms with E-state index >= 15 is 0 Å². The maximum Gasteiger partial charge on any atom is 0.236 e. The second kappa shape index (κ2) is 9.05. The van der Waals surface area contributed by atoms with Crippen LogP contribution < -0.4 is 16.0 Å². The lowest BCUT2D eigenvalue weighted by Gasteiger charge is -2.25. The number of carbonyl (C=O) groups excluding carboxylic acids is 1. The molecule has 0 aliphatic rings. The van der Waals surface area contributed by atoms with Gasteiger partial charge < -0.3 is 16.0 Å². The van der Waals surface area contributed by atoms with Crippen LogP contribution in [-0.2, 0) is 11.3 Å². The average Bonchev–Trinajstić information content (AvgIpc) is 2.41. The molecule has 0 fully saturated rings. The molecule has 4 nitrogen and oxygen atoms in total. The number of unbranched alkanes of at least 4 members (excludes halogenated alkanes) is 1. The number of hydrogen-bond acceptors (Lipinski definition) is 3. The van der Waals surface area contributed by atoms with Crippen molar-refractivity contribution >= 4 is 27.5 Å². The van der Waals surface area contributed by atoms with Gasteiger partial charge in [0.05, 0.1) is 12.2 Å². The lowest BCUT2D eigenvalue weighted by atomic mass is 10.1. The Kier molecular flexibility index (Phi) is 7.75. The molecule has 0 bridgehead atoms. The van der Waals surface area contributed by atoms with Gasteiger partial charge in [-0.1, -0.05) is 33.3 Å². The van der Waals surface area contributed by atoms with E-state index < -0.39 is 0 Å². The molecule has 5 heteroatoms. The summed E-state index contributed by atoms with van der Waals surface area (Å²) in [6.45, 7) is 8.31. The van der Waals surface area contributed by atoms with Gasteiger partial charge in [0.25, 0.3) is 0 Å². The first kappa shape index (κ1) is 18.0. The zero-order valence-corrected chi connectivity index (χ0v) is 14.7. The van der Waals surface area contributed by atoms with E-state index in [9.17, 15) is 4.79 Å². The molecule has 0 atom stereocenters. The van der Waals surface area contributed by atoms with Gasteiger partial charge in [0, 0.05) is 23.6 Å². The van der Waals surface area contributed by atoms with Crippen LogP contribution in [0.25, 0.3) is 0 Å². The van der Waals surface area contributed by atoms with E-state index in [1.165, 1.54) is 5.56 Å². The number of nitrogens with zero attached hydrogens (tertiary/aromatic N) is 1. The smallest absolute Gasteiger partial charge is 0.236 e. The highest BCUT2D eigenvalue weighted by Crippen LogP contribution is 2.27. The van der Waals surface area contributed by atoms with Crippen LogP contribution >= 0.6 is 15.9 Å². The van der Waals surface area contributed by atoms with Gasteiger partial charge >= 0.3 is 0 Å². The van der Waals surface area contributed by atoms with E-state index in [0.29, 0.717) is 6.04 Å². The Bertz CT molecular complexity index is 463. The Morgan fingerprint density at radius 3 is 2.67 bits per heavy atom. The SMILES string of the molecule is CCCCN(CC(N)=O)c1ccc(CNC(C)C)cc1Br. The summed E-state index contributed by atoms with van der Waals surface area (Å²) in [4.78, 5) is 13.3. The van der Waals surface area contributed by atoms with Crippen molar-refractivity contribution in [2.45, 2.75) is 46.2 Å². The fourth-order valence-electron chi connectivity index (χ4n) is 2.06. The van der Waals surface area contributed by atoms with Gasteiger partial charge in [0.1, 0.15) is 0 Å². The Labute approximate surface area is 136 Å². The zero-order valence-electron chi connectivity index (χ0n) is 13.2. The molecule has 3 N–H and O–H groups in total. The molecular weight excluding hydrogens is 330 g/mol. The monoisotopic (exact) mass is 355 g/mol. The van der Waals surface area contributed by atoms with E-state index in [0.717, 1.165) is 36.1 Å². The van der Waals surface area contributed by atoms with Crippen LogP contribution in [-0.4, -0.2) is 25.0 Å². The molecule has 0 saturated heterocycles. The number of nitrogens with two attached hydrogens (primary N) is 1. The van der Waals surface area contributed by atoms with Gasteiger partial charge in [-0.3, -0.25) is 4.79 Å². The minimum Gasteiger partial charge on any atom is -0.368 e. The van der Waals surface area contributed by atoms with Crippen molar-refractivity contribution in [3.05, 3.63) is 28.2 Å². The second-order valence-corrected chi connectivity index (χ2v) is 6.42. The highest BCUT2D eigenvalue weighted by molar-refractivity contribution is 9.10. The highest BCUT2D eigenvalue weighted by Gasteiger charge is 2.12. The average molecular weight is 356 g/mol. The topological polar surface area (TPSA) is 58.4 Å². The third-order valence-electron chi connectivity index (χ3n) is 3.20. The number of rotatable bonds is 9. The van der Waals surface area contributed by atoms with Gasteiger partial charge in [-0.15, -0.1) is 0 Å². The minimum absolute atomic E-state index is 0.252. The number of halogens is 1. The van der Waals surface area contributed by atoms with Gasteiger partial charge in [0.15, 0.2) is 0 Å². The predicted molar refractivity (Wildman–Crippen MR) is 92.4 cm³/mol. The molecule has 0 aliphatic heterocycles. The third kappa shape index (κ3) is 6.48. The van der Waals surface area contributed by atoms with Crippen LogP contribution in [0.4, 0.5) is 5.69 Å². The molecule has 1 aromatic carbocycles. The molecule has 0 radical (unpaired) electrons. The standard InChI is InChI=1S/C16H26BrN3O/c1-4-5-8-20(11-16(18)21)15-7-6-13(9-14(15)17)10-19-12(2)3/h6-7,9,12,19H,4-5,8,10-11H2,1-3H3,(H2,18,21). The normalized spacial score (nSPS) is 10.9. The van der Waals surface area contributed by atoms with Crippen molar-refractivity contribution in [3.8, 4) is 0 Å². The fraction of sp³-hybridized carbons (Fsp3) is 0.562. The summed E-state index contributed by atoms with van der Waals surface area (Å²) in [5, 5.41) is 3.40. The van der Waals surface area contributed by atoms with Crippen LogP contribution in [0.3, 0.4) is 0 Å². The molecule has 0 heterocycles. The molecule has 1 aromatic rings. The molecule has 0 spiro atoms. The quantitative estimate of drug-likeness (QED) is 0.715. The summed E-state index contributed by atoms with van der Waals surface area (Å²) in [6, 6.07) is 6.71. The molecule has 118 valence electrons. The van der Waals surface area contributed by atoms with E-state index in [2.05, 4.69) is 60.2 Å². The minimum atomic E-state index is -0.302. The number of primary amides is 1. The largest absolute Gasteiger partial charge is 0.368 e. The van der Waals surface area contributed by atoms with E-state index in [4.69, 9.17) is 5.73 Å². The third-order valence-corrected chi connectivity index (χ3v) is 3.83. The van der Waals surface area contributed by atoms with Crippen molar-refractivity contribution in [2.75, 3.05) is 18.0 Å². The second-order valence-electron chi connectivity index (χ2n) is 5.56. The summed E-state index contributed by atoms with van der Waals surface area (Å²) in [5.74, 6) is -0.302. The summed E-state index contributed by atoms with van der Waals surface area (Å²) < 4.78 is 1.00. The molecule has 0 aliphatic carbocycles. The first-order chi connectivity index (χ1) is 9.93. The first-order valence-electron chi connectivity index (χ1n) is 7.49. The number of amides is 1. The Balaban J connectivity index is 2.85. The Morgan fingerprint density at radius 1 is 1.43 bits per heavy atom.